The van der Waals surface area contributed by atoms with Gasteiger partial charge in [-0.3, -0.25) is 28.8 Å². The molecule has 0 spiro atoms. The van der Waals surface area contributed by atoms with Gasteiger partial charge in [0.25, 0.3) is 0 Å². The van der Waals surface area contributed by atoms with E-state index in [4.69, 9.17) is 23.7 Å². The largest absolute Gasteiger partial charge is 0.469 e. The van der Waals surface area contributed by atoms with E-state index in [9.17, 15) is 74.7 Å². The molecule has 0 radical (unpaired) electrons. The van der Waals surface area contributed by atoms with Crippen LogP contribution in [0.1, 0.15) is 425 Å². The van der Waals surface area contributed by atoms with Crippen molar-refractivity contribution in [2.45, 2.75) is 480 Å². The number of fused-ring (bicyclic) bond motifs is 25. The fourth-order valence-corrected chi connectivity index (χ4v) is 43.8. The molecule has 49 atom stereocenters. The Morgan fingerprint density at radius 1 is 0.262 bits per heavy atom. The Kier molecular flexibility index (Phi) is 35.5. The van der Waals surface area contributed by atoms with Gasteiger partial charge in [-0.25, -0.2) is 0 Å². The molecular formula is C125H208O20. The predicted molar refractivity (Wildman–Crippen MR) is 564 cm³/mol. The molecule has 828 valence electrons. The van der Waals surface area contributed by atoms with Crippen LogP contribution in [-0.2, 0) is 52.5 Å². The summed E-state index contributed by atoms with van der Waals surface area (Å²) in [7, 11) is 7.35. The van der Waals surface area contributed by atoms with Crippen LogP contribution in [0.4, 0.5) is 0 Å². The highest BCUT2D eigenvalue weighted by molar-refractivity contribution is 5.83. The van der Waals surface area contributed by atoms with Crippen molar-refractivity contribution in [3.05, 3.63) is 0 Å². The Labute approximate surface area is 876 Å². The predicted octanol–water partition coefficient (Wildman–Crippen LogP) is 23.0. The van der Waals surface area contributed by atoms with Crippen LogP contribution < -0.4 is 0 Å². The first kappa shape index (κ1) is 114. The fraction of sp³-hybridized carbons (Fsp3) is 0.952. The van der Waals surface area contributed by atoms with Gasteiger partial charge in [0.05, 0.1) is 90.5 Å². The van der Waals surface area contributed by atoms with Gasteiger partial charge in [-0.2, -0.15) is 0 Å². The average Bonchev–Trinajstić information content (AvgIpc) is 1.54. The summed E-state index contributed by atoms with van der Waals surface area (Å²) in [5.74, 6) is 16.1. The van der Waals surface area contributed by atoms with E-state index in [1.807, 2.05) is 0 Å². The van der Waals surface area contributed by atoms with Gasteiger partial charge in [0.15, 0.2) is 0 Å². The maximum absolute atomic E-state index is 13.4. The third kappa shape index (κ3) is 21.0. The van der Waals surface area contributed by atoms with Crippen LogP contribution in [0.2, 0.25) is 0 Å². The zero-order valence-electron chi connectivity index (χ0n) is 94.4. The van der Waals surface area contributed by atoms with Crippen molar-refractivity contribution in [3.63, 3.8) is 0 Å². The zero-order valence-corrected chi connectivity index (χ0v) is 94.4. The van der Waals surface area contributed by atoms with Crippen molar-refractivity contribution in [2.75, 3.05) is 35.5 Å². The van der Waals surface area contributed by atoms with E-state index in [1.165, 1.54) is 151 Å². The third-order valence-electron chi connectivity index (χ3n) is 52.2. The molecular weight excluding hydrogens is 1820 g/mol. The van der Waals surface area contributed by atoms with Crippen LogP contribution in [0.5, 0.6) is 0 Å². The number of rotatable bonds is 20. The van der Waals surface area contributed by atoms with Crippen molar-refractivity contribution in [2.24, 2.45) is 232 Å². The van der Waals surface area contributed by atoms with Crippen molar-refractivity contribution in [3.8, 4) is 0 Å². The number of carbonyl (C=O) groups is 6. The summed E-state index contributed by atoms with van der Waals surface area (Å²) in [4.78, 5) is 71.6. The number of hydrogen-bond donors (Lipinski definition) is 9. The van der Waals surface area contributed by atoms with Crippen molar-refractivity contribution in [1.29, 1.82) is 0 Å². The first-order chi connectivity index (χ1) is 68.5. The Balaban J connectivity index is 0.000000130. The summed E-state index contributed by atoms with van der Waals surface area (Å²) in [5, 5.41) is 96.8. The number of ether oxygens (including phenoxy) is 5. The van der Waals surface area contributed by atoms with Crippen LogP contribution in [0, 0.1) is 232 Å². The molecule has 0 bridgehead atoms. The molecule has 0 aliphatic heterocycles. The van der Waals surface area contributed by atoms with Crippen LogP contribution in [0.3, 0.4) is 0 Å². The summed E-state index contributed by atoms with van der Waals surface area (Å²) < 4.78 is 24.3. The summed E-state index contributed by atoms with van der Waals surface area (Å²) >= 11 is 0. The molecule has 20 saturated carbocycles. The molecule has 0 aromatic rings. The molecule has 0 saturated heterocycles. The minimum atomic E-state index is -0.369. The molecule has 20 aliphatic rings. The molecule has 0 amide bonds. The van der Waals surface area contributed by atoms with Gasteiger partial charge in [0, 0.05) is 44.4 Å². The van der Waals surface area contributed by atoms with Crippen LogP contribution in [-0.4, -0.2) is 172 Å². The maximum atomic E-state index is 13.4. The highest BCUT2D eigenvalue weighted by Gasteiger charge is 2.71. The lowest BCUT2D eigenvalue weighted by molar-refractivity contribution is -0.207. The fourth-order valence-electron chi connectivity index (χ4n) is 43.8. The van der Waals surface area contributed by atoms with Gasteiger partial charge in [-0.1, -0.05) is 104 Å². The number of aliphatic hydroxyl groups excluding tert-OH is 9. The topological polar surface area (TPSA) is 331 Å². The molecule has 0 unspecified atom stereocenters. The smallest absolute Gasteiger partial charge is 0.305 e. The Morgan fingerprint density at radius 3 is 0.945 bits per heavy atom. The molecule has 9 N–H and O–H groups in total. The van der Waals surface area contributed by atoms with Crippen molar-refractivity contribution in [1.82, 2.24) is 0 Å². The normalized spacial score (nSPS) is 49.7. The van der Waals surface area contributed by atoms with E-state index in [-0.39, 0.29) is 129 Å². The first-order valence-electron chi connectivity index (χ1n) is 60.5. The lowest BCUT2D eigenvalue weighted by Crippen LogP contribution is -2.62. The highest BCUT2D eigenvalue weighted by atomic mass is 16.5. The lowest BCUT2D eigenvalue weighted by atomic mass is 9.43. The molecule has 20 fully saturated rings. The van der Waals surface area contributed by atoms with Gasteiger partial charge in [-0.15, -0.1) is 0 Å². The quantitative estimate of drug-likeness (QED) is 0.0404. The van der Waals surface area contributed by atoms with E-state index in [0.29, 0.717) is 196 Å². The van der Waals surface area contributed by atoms with Crippen LogP contribution >= 0.6 is 0 Å². The first-order valence-corrected chi connectivity index (χ1v) is 60.5. The standard InChI is InChI=1S/C25H42O5.2C25H42O4.C25H40O4.C25H42O3/c1-14(5-8-22(29)30-4)17-6-7-18-23-19(13-21(28)25(17,18)3)24(2)10-9-16(26)11-15(24)12-20(23)27;1-15(5-10-23(28)29-4)19-8-9-20-18-7-6-16-13-17(26)11-12-24(16,2)21(18)14-22(27)25(19,20)3;2*1-15(5-8-22(28)29-4)18-6-7-19-23-20(10-12-25(18,19)3)24(2)11-9-17(26)13-16(24)14-21(23)27;1-16(5-10-23(27)28-4)20-8-9-21-19-7-6-17-15-18(26)11-13-24(17,2)22(19)12-14-25(20,21)3/h14-21,23,26-28H,5-13H2,1-4H3;15-22,26-27H,5-14H2,1-4H3;15-21,23,26-27H,5-14H2,1-4H3;15-20,23,26H,5-14H2,1-4H3;16-22,26H,5-15H2,1-4H3/t14-,15+,16-,17-,18+,19+,20-,21+,23+,24+,25-;15-,16-,17-,18+,19-,20+,21+,22+,24+,25-;15-,16+,17-,18-,19+,20+,21+,23+,24+,25-;15-,16+,17-,18-,19+,20+,23+,24+,25-;16-,17-,18-,19+,20-,21+,22+,24+,25-/m11111/s1. The minimum Gasteiger partial charge on any atom is -0.469 e. The minimum absolute atomic E-state index is 0.0198. The van der Waals surface area contributed by atoms with E-state index in [2.05, 4.69) is 104 Å². The van der Waals surface area contributed by atoms with Crippen molar-refractivity contribution < 1.29 is 98.4 Å². The van der Waals surface area contributed by atoms with E-state index >= 15 is 0 Å². The van der Waals surface area contributed by atoms with Crippen molar-refractivity contribution >= 4 is 35.6 Å². The molecule has 145 heavy (non-hydrogen) atoms. The molecule has 20 heteroatoms. The molecule has 0 aromatic heterocycles. The second-order valence-electron chi connectivity index (χ2n) is 57.4. The highest BCUT2D eigenvalue weighted by Crippen LogP contribution is 2.76. The molecule has 0 heterocycles. The van der Waals surface area contributed by atoms with Gasteiger partial charge in [-0.05, 0) is 508 Å². The van der Waals surface area contributed by atoms with Gasteiger partial charge >= 0.3 is 29.8 Å². The summed E-state index contributed by atoms with van der Waals surface area (Å²) in [6.45, 7) is 36.0. The van der Waals surface area contributed by atoms with Gasteiger partial charge in [0.1, 0.15) is 5.78 Å². The molecule has 20 nitrogen and oxygen atoms in total. The number of methoxy groups -OCH3 is 5. The van der Waals surface area contributed by atoms with Gasteiger partial charge in [0.2, 0.25) is 0 Å². The number of ketones is 1. The monoisotopic (exact) mass is 2030 g/mol. The number of esters is 5. The summed E-state index contributed by atoms with van der Waals surface area (Å²) in [6.07, 6.45) is 48.7. The van der Waals surface area contributed by atoms with E-state index < -0.39 is 0 Å². The van der Waals surface area contributed by atoms with Gasteiger partial charge < -0.3 is 69.6 Å². The Hall–Kier alpha value is -3.34. The second kappa shape index (κ2) is 45.1. The second-order valence-corrected chi connectivity index (χ2v) is 57.4. The lowest BCUT2D eigenvalue weighted by Gasteiger charge is -2.63. The molecule has 0 aromatic carbocycles. The van der Waals surface area contributed by atoms with Crippen LogP contribution in [0.25, 0.3) is 0 Å². The SMILES string of the molecule is COC(=O)CC[C@@H](C)[C@H]1CC[C@H]2[C@@H]3C(=O)C[C@@H]4C[C@H](O)CC[C@]4(C)[C@H]3CC[C@]12C.COC(=O)CC[C@@H](C)[C@H]1CC[C@H]2[C@@H]3CC[C@@H]4C[C@H](O)CC[C@]4(C)[C@H]3CC[C@]12C.COC(=O)CC[C@@H](C)[C@H]1CC[C@H]2[C@@H]3CC[C@@H]4C[C@H](O)CC[C@]4(C)[C@H]3C[C@H](O)[C@]12C.COC(=O)CC[C@@H](C)[C@H]1CC[C@H]2[C@@H]3[C@@H](O)C[C@@H]4C[C@H](O)CC[C@]4(C)[C@H]3CC[C@]12C.COC(=O)CC[C@@H](C)[C@H]1CC[C@H]2[C@@H]3[C@H](O)C[C@@H]4C[C@H](O)CC[C@]4(C)[C@H]3C[C@H](O)[C@]12C. The van der Waals surface area contributed by atoms with E-state index in [0.717, 1.165) is 202 Å². The van der Waals surface area contributed by atoms with Crippen LogP contribution in [0.15, 0.2) is 0 Å². The maximum Gasteiger partial charge on any atom is 0.305 e. The third-order valence-corrected chi connectivity index (χ3v) is 52.2. The Morgan fingerprint density at radius 2 is 0.524 bits per heavy atom. The summed E-state index contributed by atoms with van der Waals surface area (Å²) in [6, 6.07) is 0. The zero-order chi connectivity index (χ0) is 105. The van der Waals surface area contributed by atoms with E-state index in [1.54, 1.807) is 0 Å². The number of aliphatic hydroxyl groups is 9. The number of carbonyl (C=O) groups excluding carboxylic acids is 6. The number of hydrogen-bond acceptors (Lipinski definition) is 20. The number of Topliss-reactive ketones (excluding diaryl/α,β-unsaturated/α-hetero) is 1. The Bertz CT molecular complexity index is 4380. The molecule has 20 rings (SSSR count). The summed E-state index contributed by atoms with van der Waals surface area (Å²) in [5.41, 5.74) is 2.15. The molecule has 20 aliphatic carbocycles. The average molecular weight is 2030 g/mol.